The van der Waals surface area contributed by atoms with Crippen LogP contribution in [0.3, 0.4) is 0 Å². The van der Waals surface area contributed by atoms with Crippen LogP contribution in [-0.4, -0.2) is 50.9 Å². The van der Waals surface area contributed by atoms with E-state index in [9.17, 15) is 4.79 Å². The average Bonchev–Trinajstić information content (AvgIpc) is 3.34. The molecule has 0 aliphatic carbocycles. The third kappa shape index (κ3) is 3.56. The number of hydrogen-bond donors (Lipinski definition) is 0. The molecule has 7 heteroatoms. The summed E-state index contributed by atoms with van der Waals surface area (Å²) in [7, 11) is 0. The number of aromatic nitrogens is 3. The van der Waals surface area contributed by atoms with E-state index in [0.29, 0.717) is 6.54 Å². The second-order valence-corrected chi connectivity index (χ2v) is 7.87. The fourth-order valence-electron chi connectivity index (χ4n) is 3.74. The lowest BCUT2D eigenvalue weighted by Gasteiger charge is -2.36. The number of benzene rings is 1. The van der Waals surface area contributed by atoms with Crippen LogP contribution in [0.15, 0.2) is 36.7 Å². The molecule has 1 fully saturated rings. The summed E-state index contributed by atoms with van der Waals surface area (Å²) in [6.07, 6.45) is 4.66. The number of carbonyl (C=O) groups excluding carboxylic acids is 1. The predicted octanol–water partition coefficient (Wildman–Crippen LogP) is 3.04. The number of nitrogens with zero attached hydrogens (tertiary/aromatic N) is 5. The molecule has 0 N–H and O–H groups in total. The number of imidazole rings is 1. The highest BCUT2D eigenvalue weighted by Crippen LogP contribution is 2.30. The Morgan fingerprint density at radius 3 is 2.78 bits per heavy atom. The average molecular weight is 384 g/mol. The highest BCUT2D eigenvalue weighted by atomic mass is 32.1. The predicted molar refractivity (Wildman–Crippen MR) is 109 cm³/mol. The summed E-state index contributed by atoms with van der Waals surface area (Å²) in [6, 6.07) is 8.34. The van der Waals surface area contributed by atoms with E-state index in [1.807, 2.05) is 30.3 Å². The molecule has 1 aliphatic rings. The van der Waals surface area contributed by atoms with Gasteiger partial charge in [0, 0.05) is 56.9 Å². The van der Waals surface area contributed by atoms with Crippen molar-refractivity contribution in [2.45, 2.75) is 26.8 Å². The molecule has 4 rings (SSSR count). The molecule has 1 aliphatic heterocycles. The summed E-state index contributed by atoms with van der Waals surface area (Å²) in [5.41, 5.74) is 0. The topological polar surface area (TPSA) is 54.3 Å². The van der Waals surface area contributed by atoms with Gasteiger partial charge in [-0.15, -0.1) is 0 Å². The zero-order chi connectivity index (χ0) is 18.8. The van der Waals surface area contributed by atoms with Gasteiger partial charge < -0.3 is 14.4 Å². The van der Waals surface area contributed by atoms with Gasteiger partial charge >= 0.3 is 0 Å². The second-order valence-electron chi connectivity index (χ2n) is 7.07. The van der Waals surface area contributed by atoms with Crippen LogP contribution in [0.1, 0.15) is 19.7 Å². The maximum absolute atomic E-state index is 12.9. The van der Waals surface area contributed by atoms with Crippen LogP contribution < -0.4 is 4.90 Å². The van der Waals surface area contributed by atoms with E-state index < -0.39 is 0 Å². The molecule has 27 heavy (non-hydrogen) atoms. The summed E-state index contributed by atoms with van der Waals surface area (Å²) in [5, 5.41) is 1.21. The van der Waals surface area contributed by atoms with Gasteiger partial charge in [-0.2, -0.15) is 4.37 Å². The molecule has 0 bridgehead atoms. The number of fused-ring (bicyclic) bond motifs is 1. The molecule has 3 aromatic rings. The molecule has 6 nitrogen and oxygen atoms in total. The molecule has 1 saturated heterocycles. The van der Waals surface area contributed by atoms with E-state index in [1.165, 1.54) is 10.1 Å². The van der Waals surface area contributed by atoms with Gasteiger partial charge in [-0.3, -0.25) is 4.79 Å². The van der Waals surface area contributed by atoms with E-state index in [-0.39, 0.29) is 11.8 Å². The second kappa shape index (κ2) is 7.68. The summed E-state index contributed by atoms with van der Waals surface area (Å²) in [4.78, 5) is 21.5. The standard InChI is InChI=1S/C20H25N5OS/c1-3-18-21-8-9-25(18)14-15(2)20(26)24-12-10-23(11-13-24)19-16-6-4-5-7-17(16)27-22-19/h4-9,15H,3,10-14H2,1-2H3/t15-/m1/s1. The maximum Gasteiger partial charge on any atom is 0.227 e. The normalized spacial score (nSPS) is 16.1. The van der Waals surface area contributed by atoms with Crippen molar-refractivity contribution in [3.05, 3.63) is 42.5 Å². The molecular formula is C20H25N5OS. The Balaban J connectivity index is 1.38. The summed E-state index contributed by atoms with van der Waals surface area (Å²) >= 11 is 1.54. The van der Waals surface area contributed by atoms with Gasteiger partial charge in [0.15, 0.2) is 0 Å². The van der Waals surface area contributed by atoms with Crippen molar-refractivity contribution in [3.63, 3.8) is 0 Å². The Kier molecular flexibility index (Phi) is 5.11. The van der Waals surface area contributed by atoms with Gasteiger partial charge in [-0.25, -0.2) is 4.98 Å². The molecule has 1 aromatic carbocycles. The minimum absolute atomic E-state index is 0.0452. The number of carbonyl (C=O) groups is 1. The number of hydrogen-bond acceptors (Lipinski definition) is 5. The van der Waals surface area contributed by atoms with E-state index in [0.717, 1.165) is 44.2 Å². The minimum atomic E-state index is -0.0452. The van der Waals surface area contributed by atoms with Crippen molar-refractivity contribution in [3.8, 4) is 0 Å². The molecule has 142 valence electrons. The zero-order valence-electron chi connectivity index (χ0n) is 15.8. The van der Waals surface area contributed by atoms with Gasteiger partial charge in [-0.05, 0) is 23.7 Å². The third-order valence-electron chi connectivity index (χ3n) is 5.26. The Hall–Kier alpha value is -2.41. The molecule has 0 unspecified atom stereocenters. The van der Waals surface area contributed by atoms with Crippen LogP contribution >= 0.6 is 11.5 Å². The quantitative estimate of drug-likeness (QED) is 0.680. The molecule has 2 aromatic heterocycles. The monoisotopic (exact) mass is 383 g/mol. The number of anilines is 1. The molecule has 0 radical (unpaired) electrons. The summed E-state index contributed by atoms with van der Waals surface area (Å²) in [5.74, 6) is 2.28. The van der Waals surface area contributed by atoms with Crippen molar-refractivity contribution < 1.29 is 4.79 Å². The van der Waals surface area contributed by atoms with E-state index in [4.69, 9.17) is 0 Å². The van der Waals surface area contributed by atoms with Crippen molar-refractivity contribution >= 4 is 33.3 Å². The van der Waals surface area contributed by atoms with Crippen LogP contribution in [0.5, 0.6) is 0 Å². The van der Waals surface area contributed by atoms with E-state index in [2.05, 4.69) is 43.9 Å². The largest absolute Gasteiger partial charge is 0.352 e. The van der Waals surface area contributed by atoms with Crippen LogP contribution in [0.25, 0.3) is 10.1 Å². The first kappa shape index (κ1) is 18.0. The van der Waals surface area contributed by atoms with Crippen molar-refractivity contribution in [1.82, 2.24) is 18.8 Å². The van der Waals surface area contributed by atoms with E-state index in [1.54, 1.807) is 11.5 Å². The summed E-state index contributed by atoms with van der Waals surface area (Å²) in [6.45, 7) is 7.96. The Morgan fingerprint density at radius 2 is 2.00 bits per heavy atom. The fraction of sp³-hybridized carbons (Fsp3) is 0.450. The lowest BCUT2D eigenvalue weighted by molar-refractivity contribution is -0.135. The van der Waals surface area contributed by atoms with Gasteiger partial charge in [0.1, 0.15) is 11.6 Å². The zero-order valence-corrected chi connectivity index (χ0v) is 16.7. The molecule has 3 heterocycles. The highest BCUT2D eigenvalue weighted by Gasteiger charge is 2.27. The SMILES string of the molecule is CCc1nccn1C[C@@H](C)C(=O)N1CCN(c2nsc3ccccc23)CC1. The van der Waals surface area contributed by atoms with E-state index >= 15 is 0 Å². The lowest BCUT2D eigenvalue weighted by Crippen LogP contribution is -2.50. The van der Waals surface area contributed by atoms with Crippen LogP contribution in [0.4, 0.5) is 5.82 Å². The fourth-order valence-corrected chi connectivity index (χ4v) is 4.54. The number of piperazine rings is 1. The minimum Gasteiger partial charge on any atom is -0.352 e. The third-order valence-corrected chi connectivity index (χ3v) is 6.08. The number of amides is 1. The van der Waals surface area contributed by atoms with Crippen molar-refractivity contribution in [1.29, 1.82) is 0 Å². The van der Waals surface area contributed by atoms with Crippen LogP contribution in [-0.2, 0) is 17.8 Å². The highest BCUT2D eigenvalue weighted by molar-refractivity contribution is 7.13. The number of rotatable bonds is 5. The maximum atomic E-state index is 12.9. The first-order chi connectivity index (χ1) is 13.2. The van der Waals surface area contributed by atoms with Crippen molar-refractivity contribution in [2.75, 3.05) is 31.1 Å². The lowest BCUT2D eigenvalue weighted by atomic mass is 10.1. The Labute approximate surface area is 163 Å². The molecule has 1 amide bonds. The van der Waals surface area contributed by atoms with Gasteiger partial charge in [0.25, 0.3) is 0 Å². The molecule has 0 spiro atoms. The number of aryl methyl sites for hydroxylation is 1. The first-order valence-electron chi connectivity index (χ1n) is 9.55. The van der Waals surface area contributed by atoms with Crippen LogP contribution in [0, 0.1) is 5.92 Å². The Bertz CT molecular complexity index is 925. The molecule has 0 saturated carbocycles. The smallest absolute Gasteiger partial charge is 0.227 e. The summed E-state index contributed by atoms with van der Waals surface area (Å²) < 4.78 is 7.96. The molecule has 1 atom stereocenters. The van der Waals surface area contributed by atoms with Gasteiger partial charge in [-0.1, -0.05) is 26.0 Å². The Morgan fingerprint density at radius 1 is 1.22 bits per heavy atom. The van der Waals surface area contributed by atoms with Crippen LogP contribution in [0.2, 0.25) is 0 Å². The molecular weight excluding hydrogens is 358 g/mol. The van der Waals surface area contributed by atoms with Crippen molar-refractivity contribution in [2.24, 2.45) is 5.92 Å². The first-order valence-corrected chi connectivity index (χ1v) is 10.3. The van der Waals surface area contributed by atoms with Gasteiger partial charge in [0.2, 0.25) is 5.91 Å². The van der Waals surface area contributed by atoms with Gasteiger partial charge in [0.05, 0.1) is 10.6 Å².